The number of hydrazine groups is 1. The molecule has 0 unspecified atom stereocenters. The van der Waals surface area contributed by atoms with Crippen molar-refractivity contribution in [1.29, 1.82) is 0 Å². The van der Waals surface area contributed by atoms with Crippen LogP contribution in [0.1, 0.15) is 46.0 Å². The Bertz CT molecular complexity index is 330. The van der Waals surface area contributed by atoms with Gasteiger partial charge in [0.25, 0.3) is 0 Å². The molecule has 0 aliphatic rings. The molecule has 0 aromatic carbocycles. The summed E-state index contributed by atoms with van der Waals surface area (Å²) >= 11 is 0. The molecule has 110 valence electrons. The van der Waals surface area contributed by atoms with Crippen molar-refractivity contribution in [3.8, 4) is 0 Å². The highest BCUT2D eigenvalue weighted by Crippen LogP contribution is 2.11. The van der Waals surface area contributed by atoms with Crippen molar-refractivity contribution in [3.05, 3.63) is 0 Å². The van der Waals surface area contributed by atoms with Gasteiger partial charge in [-0.25, -0.2) is 10.6 Å². The maximum absolute atomic E-state index is 11.7. The van der Waals surface area contributed by atoms with Crippen LogP contribution >= 0.6 is 0 Å². The molecular formula is C12H22N2O5. The van der Waals surface area contributed by atoms with E-state index in [1.54, 1.807) is 0 Å². The van der Waals surface area contributed by atoms with Crippen LogP contribution in [0.15, 0.2) is 0 Å². The summed E-state index contributed by atoms with van der Waals surface area (Å²) in [5.74, 6) is 3.12. The fourth-order valence-corrected chi connectivity index (χ4v) is 1.64. The summed E-state index contributed by atoms with van der Waals surface area (Å²) in [6.07, 6.45) is 1.09. The van der Waals surface area contributed by atoms with Gasteiger partial charge in [-0.05, 0) is 25.2 Å². The highest BCUT2D eigenvalue weighted by Gasteiger charge is 2.27. The van der Waals surface area contributed by atoms with E-state index in [0.29, 0.717) is 12.8 Å². The quantitative estimate of drug-likeness (QED) is 0.248. The van der Waals surface area contributed by atoms with E-state index in [4.69, 9.17) is 16.1 Å². The maximum Gasteiger partial charge on any atom is 0.328 e. The maximum atomic E-state index is 11.7. The average molecular weight is 274 g/mol. The first kappa shape index (κ1) is 17.4. The molecule has 0 spiro atoms. The van der Waals surface area contributed by atoms with E-state index in [2.05, 4.69) is 0 Å². The standard InChI is InChI=1S/C12H22N2O5/c1-8(2)7-9(12(18)19)14(13)10(15)5-3-4-6-11(16)17/h8-9H,3-7,13H2,1-2H3,(H,16,17)(H,18,19)/t9-/m0/s1. The molecule has 0 bridgehead atoms. The summed E-state index contributed by atoms with van der Waals surface area (Å²) in [6, 6.07) is -1.04. The van der Waals surface area contributed by atoms with Gasteiger partial charge in [0.15, 0.2) is 0 Å². The molecule has 0 heterocycles. The fraction of sp³-hybridized carbons (Fsp3) is 0.750. The number of hydrogen-bond donors (Lipinski definition) is 3. The third kappa shape index (κ3) is 7.40. The van der Waals surface area contributed by atoms with E-state index in [0.717, 1.165) is 5.01 Å². The van der Waals surface area contributed by atoms with E-state index < -0.39 is 23.9 Å². The summed E-state index contributed by atoms with van der Waals surface area (Å²) in [7, 11) is 0. The smallest absolute Gasteiger partial charge is 0.328 e. The zero-order valence-corrected chi connectivity index (χ0v) is 11.3. The third-order valence-electron chi connectivity index (χ3n) is 2.63. The third-order valence-corrected chi connectivity index (χ3v) is 2.63. The number of carboxylic acid groups (broad SMARTS) is 2. The lowest BCUT2D eigenvalue weighted by molar-refractivity contribution is -0.151. The van der Waals surface area contributed by atoms with Gasteiger partial charge >= 0.3 is 11.9 Å². The Morgan fingerprint density at radius 3 is 2.05 bits per heavy atom. The topological polar surface area (TPSA) is 121 Å². The fourth-order valence-electron chi connectivity index (χ4n) is 1.64. The van der Waals surface area contributed by atoms with Crippen LogP contribution in [-0.2, 0) is 14.4 Å². The molecule has 0 aliphatic heterocycles. The van der Waals surface area contributed by atoms with Gasteiger partial charge in [-0.15, -0.1) is 0 Å². The van der Waals surface area contributed by atoms with Crippen molar-refractivity contribution in [2.45, 2.75) is 52.0 Å². The van der Waals surface area contributed by atoms with Crippen molar-refractivity contribution in [2.24, 2.45) is 11.8 Å². The van der Waals surface area contributed by atoms with Gasteiger partial charge in [0.05, 0.1) is 0 Å². The van der Waals surface area contributed by atoms with Crippen LogP contribution in [0.5, 0.6) is 0 Å². The molecule has 7 heteroatoms. The predicted molar refractivity (Wildman–Crippen MR) is 68.0 cm³/mol. The second-order valence-corrected chi connectivity index (χ2v) is 4.89. The van der Waals surface area contributed by atoms with Gasteiger partial charge in [-0.2, -0.15) is 0 Å². The summed E-state index contributed by atoms with van der Waals surface area (Å²) < 4.78 is 0. The summed E-state index contributed by atoms with van der Waals surface area (Å²) in [5.41, 5.74) is 0. The number of nitrogens with two attached hydrogens (primary N) is 1. The molecule has 19 heavy (non-hydrogen) atoms. The zero-order chi connectivity index (χ0) is 15.0. The van der Waals surface area contributed by atoms with Gasteiger partial charge in [0, 0.05) is 12.8 Å². The summed E-state index contributed by atoms with van der Waals surface area (Å²) in [5, 5.41) is 18.2. The van der Waals surface area contributed by atoms with E-state index in [9.17, 15) is 14.4 Å². The number of hydrogen-bond acceptors (Lipinski definition) is 4. The average Bonchev–Trinajstić information content (AvgIpc) is 2.29. The first-order chi connectivity index (χ1) is 8.75. The van der Waals surface area contributed by atoms with Gasteiger partial charge in [-0.1, -0.05) is 13.8 Å². The van der Waals surface area contributed by atoms with E-state index in [1.165, 1.54) is 0 Å². The number of carbonyl (C=O) groups excluding carboxylic acids is 1. The molecule has 1 atom stereocenters. The van der Waals surface area contributed by atoms with Crippen molar-refractivity contribution < 1.29 is 24.6 Å². The molecule has 1 amide bonds. The predicted octanol–water partition coefficient (Wildman–Crippen LogP) is 0.833. The Morgan fingerprint density at radius 2 is 1.63 bits per heavy atom. The van der Waals surface area contributed by atoms with Gasteiger partial charge in [0.1, 0.15) is 6.04 Å². The zero-order valence-electron chi connectivity index (χ0n) is 11.3. The molecule has 0 saturated carbocycles. The minimum absolute atomic E-state index is 0.00773. The highest BCUT2D eigenvalue weighted by molar-refractivity contribution is 5.83. The molecule has 0 rings (SSSR count). The Balaban J connectivity index is 4.27. The van der Waals surface area contributed by atoms with Gasteiger partial charge in [0.2, 0.25) is 5.91 Å². The van der Waals surface area contributed by atoms with Crippen molar-refractivity contribution in [3.63, 3.8) is 0 Å². The molecule has 0 aromatic heterocycles. The number of amides is 1. The summed E-state index contributed by atoms with van der Waals surface area (Å²) in [4.78, 5) is 33.1. The van der Waals surface area contributed by atoms with Crippen LogP contribution in [0.2, 0.25) is 0 Å². The van der Waals surface area contributed by atoms with Crippen LogP contribution in [-0.4, -0.2) is 39.1 Å². The van der Waals surface area contributed by atoms with Crippen LogP contribution < -0.4 is 5.84 Å². The lowest BCUT2D eigenvalue weighted by atomic mass is 10.0. The lowest BCUT2D eigenvalue weighted by Crippen LogP contribution is -2.50. The van der Waals surface area contributed by atoms with Crippen LogP contribution in [0.25, 0.3) is 0 Å². The molecule has 0 aromatic rings. The van der Waals surface area contributed by atoms with E-state index in [-0.39, 0.29) is 25.2 Å². The molecule has 7 nitrogen and oxygen atoms in total. The number of aliphatic carboxylic acids is 2. The number of nitrogens with zero attached hydrogens (tertiary/aromatic N) is 1. The molecule has 0 radical (unpaired) electrons. The Morgan fingerprint density at radius 1 is 1.11 bits per heavy atom. The van der Waals surface area contributed by atoms with Crippen molar-refractivity contribution in [1.82, 2.24) is 5.01 Å². The molecule has 0 aliphatic carbocycles. The van der Waals surface area contributed by atoms with Crippen molar-refractivity contribution >= 4 is 17.8 Å². The van der Waals surface area contributed by atoms with Crippen LogP contribution in [0.3, 0.4) is 0 Å². The lowest BCUT2D eigenvalue weighted by Gasteiger charge is -2.25. The number of carbonyl (C=O) groups is 3. The van der Waals surface area contributed by atoms with E-state index >= 15 is 0 Å². The first-order valence-corrected chi connectivity index (χ1v) is 6.27. The van der Waals surface area contributed by atoms with Crippen LogP contribution in [0.4, 0.5) is 0 Å². The summed E-state index contributed by atoms with van der Waals surface area (Å²) in [6.45, 7) is 3.70. The van der Waals surface area contributed by atoms with Crippen LogP contribution in [0, 0.1) is 5.92 Å². The number of carboxylic acids is 2. The second kappa shape index (κ2) is 8.47. The monoisotopic (exact) mass is 274 g/mol. The first-order valence-electron chi connectivity index (χ1n) is 6.27. The van der Waals surface area contributed by atoms with E-state index in [1.807, 2.05) is 13.8 Å². The molecule has 0 saturated heterocycles. The molecule has 0 fully saturated rings. The minimum atomic E-state index is -1.13. The minimum Gasteiger partial charge on any atom is -0.481 e. The Hall–Kier alpha value is -1.63. The largest absolute Gasteiger partial charge is 0.481 e. The van der Waals surface area contributed by atoms with Crippen molar-refractivity contribution in [2.75, 3.05) is 0 Å². The molecule has 4 N–H and O–H groups in total. The second-order valence-electron chi connectivity index (χ2n) is 4.89. The SMILES string of the molecule is CC(C)C[C@@H](C(=O)O)N(N)C(=O)CCCCC(=O)O. The Kier molecular flexibility index (Phi) is 7.74. The Labute approximate surface area is 112 Å². The highest BCUT2D eigenvalue weighted by atomic mass is 16.4. The van der Waals surface area contributed by atoms with Gasteiger partial charge < -0.3 is 10.2 Å². The number of rotatable bonds is 9. The molecular weight excluding hydrogens is 252 g/mol. The van der Waals surface area contributed by atoms with Gasteiger partial charge in [-0.3, -0.25) is 14.6 Å². The number of unbranched alkanes of at least 4 members (excludes halogenated alkanes) is 1. The normalized spacial score (nSPS) is 12.2.